The lowest BCUT2D eigenvalue weighted by Gasteiger charge is -2.34. The lowest BCUT2D eigenvalue weighted by Crippen LogP contribution is -2.33. The summed E-state index contributed by atoms with van der Waals surface area (Å²) in [6, 6.07) is 5.27. The number of nitrogens with zero attached hydrogens (tertiary/aromatic N) is 1. The fourth-order valence-electron chi connectivity index (χ4n) is 2.84. The summed E-state index contributed by atoms with van der Waals surface area (Å²) < 4.78 is 13.5. The van der Waals surface area contributed by atoms with Crippen LogP contribution in [-0.4, -0.2) is 19.1 Å². The third kappa shape index (κ3) is 3.72. The van der Waals surface area contributed by atoms with Crippen molar-refractivity contribution in [2.75, 3.05) is 18.0 Å². The van der Waals surface area contributed by atoms with E-state index >= 15 is 0 Å². The van der Waals surface area contributed by atoms with E-state index in [0.717, 1.165) is 37.4 Å². The Balaban J connectivity index is 2.18. The molecule has 1 aliphatic carbocycles. The summed E-state index contributed by atoms with van der Waals surface area (Å²) in [4.78, 5) is 2.39. The second kappa shape index (κ2) is 7.07. The van der Waals surface area contributed by atoms with Gasteiger partial charge in [-0.25, -0.2) is 4.39 Å². The first-order valence-corrected chi connectivity index (χ1v) is 7.93. The Morgan fingerprint density at radius 1 is 1.35 bits per heavy atom. The topological polar surface area (TPSA) is 29.3 Å². The number of anilines is 1. The third-order valence-electron chi connectivity index (χ3n) is 4.47. The molecule has 1 atom stereocenters. The number of hydrogen-bond donors (Lipinski definition) is 1. The quantitative estimate of drug-likeness (QED) is 0.823. The van der Waals surface area contributed by atoms with Crippen molar-refractivity contribution >= 4 is 5.69 Å². The smallest absolute Gasteiger partial charge is 0.123 e. The molecule has 2 nitrogen and oxygen atoms in total. The number of nitrogens with two attached hydrogens (primary N) is 1. The van der Waals surface area contributed by atoms with Crippen LogP contribution < -0.4 is 10.6 Å². The maximum Gasteiger partial charge on any atom is 0.123 e. The first kappa shape index (κ1) is 15.3. The highest BCUT2D eigenvalue weighted by molar-refractivity contribution is 5.54. The van der Waals surface area contributed by atoms with Crippen molar-refractivity contribution < 1.29 is 4.39 Å². The van der Waals surface area contributed by atoms with Gasteiger partial charge in [0.15, 0.2) is 0 Å². The fourth-order valence-corrected chi connectivity index (χ4v) is 2.84. The normalized spacial score (nSPS) is 16.8. The minimum atomic E-state index is -0.160. The zero-order valence-corrected chi connectivity index (χ0v) is 12.7. The average molecular weight is 278 g/mol. The predicted octanol–water partition coefficient (Wildman–Crippen LogP) is 3.73. The number of benzene rings is 1. The van der Waals surface area contributed by atoms with Crippen LogP contribution in [-0.2, 0) is 6.42 Å². The van der Waals surface area contributed by atoms with Crippen molar-refractivity contribution in [3.8, 4) is 0 Å². The Bertz CT molecular complexity index is 429. The van der Waals surface area contributed by atoms with E-state index in [2.05, 4.69) is 18.7 Å². The van der Waals surface area contributed by atoms with Crippen LogP contribution in [0.1, 0.15) is 45.1 Å². The summed E-state index contributed by atoms with van der Waals surface area (Å²) in [5.74, 6) is 0.652. The molecule has 0 spiro atoms. The first-order valence-electron chi connectivity index (χ1n) is 7.93. The Hall–Kier alpha value is -1.09. The van der Waals surface area contributed by atoms with Crippen LogP contribution in [0.4, 0.5) is 10.1 Å². The van der Waals surface area contributed by atoms with Gasteiger partial charge in [0.1, 0.15) is 5.82 Å². The Labute approximate surface area is 122 Å². The lowest BCUT2D eigenvalue weighted by molar-refractivity contribution is 0.318. The van der Waals surface area contributed by atoms with E-state index in [9.17, 15) is 4.39 Å². The van der Waals surface area contributed by atoms with Crippen molar-refractivity contribution in [2.45, 2.75) is 52.0 Å². The summed E-state index contributed by atoms with van der Waals surface area (Å²) in [5, 5.41) is 0. The standard InChI is InChI=1S/C17H27FN2/c1-3-16(19)11-14-10-15(18)8-9-17(14)20(4-2)12-13-6-5-7-13/h8-10,13,16H,3-7,11-12,19H2,1-2H3. The SMILES string of the molecule is CCC(N)Cc1cc(F)ccc1N(CC)CC1CCC1. The largest absolute Gasteiger partial charge is 0.371 e. The number of rotatable bonds is 7. The average Bonchev–Trinajstić information content (AvgIpc) is 2.39. The molecule has 1 fully saturated rings. The molecular weight excluding hydrogens is 251 g/mol. The van der Waals surface area contributed by atoms with E-state index in [1.165, 1.54) is 24.9 Å². The van der Waals surface area contributed by atoms with Crippen molar-refractivity contribution in [1.82, 2.24) is 0 Å². The summed E-state index contributed by atoms with van der Waals surface area (Å²) in [6.07, 6.45) is 5.71. The molecule has 1 aromatic rings. The summed E-state index contributed by atoms with van der Waals surface area (Å²) >= 11 is 0. The Kier molecular flexibility index (Phi) is 5.41. The molecule has 20 heavy (non-hydrogen) atoms. The van der Waals surface area contributed by atoms with Crippen LogP contribution >= 0.6 is 0 Å². The van der Waals surface area contributed by atoms with Crippen LogP contribution in [0.15, 0.2) is 18.2 Å². The molecule has 2 rings (SSSR count). The molecule has 0 saturated heterocycles. The summed E-state index contributed by atoms with van der Waals surface area (Å²) in [5.41, 5.74) is 8.29. The van der Waals surface area contributed by atoms with Crippen molar-refractivity contribution in [2.24, 2.45) is 11.7 Å². The number of halogens is 1. The highest BCUT2D eigenvalue weighted by atomic mass is 19.1. The maximum atomic E-state index is 13.5. The van der Waals surface area contributed by atoms with Gasteiger partial charge in [-0.3, -0.25) is 0 Å². The molecule has 0 bridgehead atoms. The molecule has 0 radical (unpaired) electrons. The van der Waals surface area contributed by atoms with Gasteiger partial charge in [-0.1, -0.05) is 13.3 Å². The van der Waals surface area contributed by atoms with Gasteiger partial charge in [-0.05, 0) is 62.3 Å². The zero-order chi connectivity index (χ0) is 14.5. The van der Waals surface area contributed by atoms with Gasteiger partial charge < -0.3 is 10.6 Å². The van der Waals surface area contributed by atoms with Gasteiger partial charge in [0.2, 0.25) is 0 Å². The third-order valence-corrected chi connectivity index (χ3v) is 4.47. The number of hydrogen-bond acceptors (Lipinski definition) is 2. The minimum Gasteiger partial charge on any atom is -0.371 e. The predicted molar refractivity (Wildman–Crippen MR) is 83.6 cm³/mol. The van der Waals surface area contributed by atoms with E-state index in [0.29, 0.717) is 0 Å². The van der Waals surface area contributed by atoms with E-state index in [1.54, 1.807) is 12.1 Å². The van der Waals surface area contributed by atoms with E-state index < -0.39 is 0 Å². The fraction of sp³-hybridized carbons (Fsp3) is 0.647. The van der Waals surface area contributed by atoms with Gasteiger partial charge in [-0.2, -0.15) is 0 Å². The molecular formula is C17H27FN2. The van der Waals surface area contributed by atoms with E-state index in [-0.39, 0.29) is 11.9 Å². The molecule has 0 heterocycles. The van der Waals surface area contributed by atoms with Crippen LogP contribution in [0.3, 0.4) is 0 Å². The van der Waals surface area contributed by atoms with Crippen molar-refractivity contribution in [1.29, 1.82) is 0 Å². The van der Waals surface area contributed by atoms with E-state index in [4.69, 9.17) is 5.73 Å². The van der Waals surface area contributed by atoms with Crippen LogP contribution in [0, 0.1) is 11.7 Å². The molecule has 0 amide bonds. The summed E-state index contributed by atoms with van der Waals surface area (Å²) in [7, 11) is 0. The highest BCUT2D eigenvalue weighted by Gasteiger charge is 2.21. The molecule has 1 aromatic carbocycles. The monoisotopic (exact) mass is 278 g/mol. The Morgan fingerprint density at radius 2 is 2.10 bits per heavy atom. The van der Waals surface area contributed by atoms with Gasteiger partial charge in [0, 0.05) is 24.8 Å². The molecule has 0 aromatic heterocycles. The van der Waals surface area contributed by atoms with E-state index in [1.807, 2.05) is 6.07 Å². The lowest BCUT2D eigenvalue weighted by atomic mass is 9.85. The van der Waals surface area contributed by atoms with Gasteiger partial charge in [0.25, 0.3) is 0 Å². The van der Waals surface area contributed by atoms with Gasteiger partial charge in [-0.15, -0.1) is 0 Å². The molecule has 0 aliphatic heterocycles. The summed E-state index contributed by atoms with van der Waals surface area (Å²) in [6.45, 7) is 6.31. The molecule has 2 N–H and O–H groups in total. The van der Waals surface area contributed by atoms with Gasteiger partial charge in [0.05, 0.1) is 0 Å². The van der Waals surface area contributed by atoms with Gasteiger partial charge >= 0.3 is 0 Å². The van der Waals surface area contributed by atoms with Crippen LogP contribution in [0.25, 0.3) is 0 Å². The molecule has 1 unspecified atom stereocenters. The van der Waals surface area contributed by atoms with Crippen molar-refractivity contribution in [3.63, 3.8) is 0 Å². The highest BCUT2D eigenvalue weighted by Crippen LogP contribution is 2.30. The first-order chi connectivity index (χ1) is 9.63. The second-order valence-corrected chi connectivity index (χ2v) is 5.98. The molecule has 1 aliphatic rings. The second-order valence-electron chi connectivity index (χ2n) is 5.98. The van der Waals surface area contributed by atoms with Crippen LogP contribution in [0.5, 0.6) is 0 Å². The van der Waals surface area contributed by atoms with Crippen molar-refractivity contribution in [3.05, 3.63) is 29.6 Å². The maximum absolute atomic E-state index is 13.5. The molecule has 1 saturated carbocycles. The zero-order valence-electron chi connectivity index (χ0n) is 12.7. The van der Waals surface area contributed by atoms with Crippen LogP contribution in [0.2, 0.25) is 0 Å². The minimum absolute atomic E-state index is 0.109. The molecule has 112 valence electrons. The Morgan fingerprint density at radius 3 is 2.65 bits per heavy atom. The molecule has 3 heteroatoms.